The summed E-state index contributed by atoms with van der Waals surface area (Å²) in [6, 6.07) is 3.52. The SMILES string of the molecule is O=C(O)CCc1cc(Cl)cc(OC(F)(F)F)c1. The van der Waals surface area contributed by atoms with Crippen molar-refractivity contribution in [1.29, 1.82) is 0 Å². The van der Waals surface area contributed by atoms with E-state index in [9.17, 15) is 18.0 Å². The Labute approximate surface area is 99.8 Å². The Kier molecular flexibility index (Phi) is 4.22. The summed E-state index contributed by atoms with van der Waals surface area (Å²) in [7, 11) is 0. The fourth-order valence-electron chi connectivity index (χ4n) is 1.21. The summed E-state index contributed by atoms with van der Waals surface area (Å²) in [5.74, 6) is -1.49. The van der Waals surface area contributed by atoms with Crippen molar-refractivity contribution in [1.82, 2.24) is 0 Å². The van der Waals surface area contributed by atoms with E-state index in [2.05, 4.69) is 4.74 Å². The quantitative estimate of drug-likeness (QED) is 0.912. The molecule has 0 aromatic heterocycles. The van der Waals surface area contributed by atoms with Gasteiger partial charge >= 0.3 is 12.3 Å². The first-order chi connectivity index (χ1) is 7.76. The van der Waals surface area contributed by atoms with Crippen LogP contribution in [0.3, 0.4) is 0 Å². The maximum Gasteiger partial charge on any atom is 0.573 e. The van der Waals surface area contributed by atoms with Gasteiger partial charge < -0.3 is 9.84 Å². The van der Waals surface area contributed by atoms with Crippen molar-refractivity contribution in [3.63, 3.8) is 0 Å². The van der Waals surface area contributed by atoms with Crippen LogP contribution in [-0.2, 0) is 11.2 Å². The van der Waals surface area contributed by atoms with Gasteiger partial charge in [-0.05, 0) is 30.2 Å². The van der Waals surface area contributed by atoms with Crippen LogP contribution in [-0.4, -0.2) is 17.4 Å². The molecule has 0 bridgehead atoms. The van der Waals surface area contributed by atoms with E-state index < -0.39 is 18.1 Å². The van der Waals surface area contributed by atoms with Crippen LogP contribution in [0, 0.1) is 0 Å². The van der Waals surface area contributed by atoms with Crippen LogP contribution in [0.2, 0.25) is 5.02 Å². The monoisotopic (exact) mass is 268 g/mol. The average Bonchev–Trinajstić information content (AvgIpc) is 2.10. The van der Waals surface area contributed by atoms with E-state index in [0.717, 1.165) is 12.1 Å². The highest BCUT2D eigenvalue weighted by atomic mass is 35.5. The number of carboxylic acid groups (broad SMARTS) is 1. The molecule has 0 saturated heterocycles. The molecule has 0 amide bonds. The zero-order valence-corrected chi connectivity index (χ0v) is 9.18. The summed E-state index contributed by atoms with van der Waals surface area (Å²) in [4.78, 5) is 10.3. The van der Waals surface area contributed by atoms with Crippen molar-refractivity contribution in [3.8, 4) is 5.75 Å². The highest BCUT2D eigenvalue weighted by Crippen LogP contribution is 2.27. The number of aliphatic carboxylic acids is 1. The molecule has 0 aliphatic carbocycles. The highest BCUT2D eigenvalue weighted by Gasteiger charge is 2.31. The Morgan fingerprint density at radius 3 is 2.53 bits per heavy atom. The predicted molar refractivity (Wildman–Crippen MR) is 54.1 cm³/mol. The summed E-state index contributed by atoms with van der Waals surface area (Å²) < 4.78 is 39.6. The van der Waals surface area contributed by atoms with Gasteiger partial charge in [-0.1, -0.05) is 11.6 Å². The van der Waals surface area contributed by atoms with Crippen molar-refractivity contribution < 1.29 is 27.8 Å². The lowest BCUT2D eigenvalue weighted by molar-refractivity contribution is -0.274. The molecule has 0 atom stereocenters. The topological polar surface area (TPSA) is 46.5 Å². The molecular formula is C10H8ClF3O3. The van der Waals surface area contributed by atoms with Gasteiger partial charge in [-0.3, -0.25) is 4.79 Å². The second kappa shape index (κ2) is 5.27. The normalized spacial score (nSPS) is 11.3. The van der Waals surface area contributed by atoms with Gasteiger partial charge in [0.25, 0.3) is 0 Å². The Morgan fingerprint density at radius 2 is 2.00 bits per heavy atom. The van der Waals surface area contributed by atoms with Gasteiger partial charge in [0.05, 0.1) is 0 Å². The number of hydrogen-bond donors (Lipinski definition) is 1. The molecule has 0 unspecified atom stereocenters. The zero-order chi connectivity index (χ0) is 13.1. The number of benzene rings is 1. The van der Waals surface area contributed by atoms with E-state index in [1.807, 2.05) is 0 Å². The lowest BCUT2D eigenvalue weighted by Crippen LogP contribution is -2.17. The Hall–Kier alpha value is -1.43. The van der Waals surface area contributed by atoms with Gasteiger partial charge in [0.15, 0.2) is 0 Å². The summed E-state index contributed by atoms with van der Waals surface area (Å²) in [5.41, 5.74) is 0.374. The lowest BCUT2D eigenvalue weighted by atomic mass is 10.1. The molecule has 1 N–H and O–H groups in total. The number of hydrogen-bond acceptors (Lipinski definition) is 2. The van der Waals surface area contributed by atoms with E-state index in [1.54, 1.807) is 0 Å². The maximum absolute atomic E-state index is 12.0. The van der Waals surface area contributed by atoms with Gasteiger partial charge in [-0.15, -0.1) is 13.2 Å². The minimum absolute atomic E-state index is 0.0622. The predicted octanol–water partition coefficient (Wildman–Crippen LogP) is 3.26. The number of ether oxygens (including phenoxy) is 1. The van der Waals surface area contributed by atoms with E-state index in [-0.39, 0.29) is 17.9 Å². The average molecular weight is 269 g/mol. The van der Waals surface area contributed by atoms with Gasteiger partial charge in [0.1, 0.15) is 5.75 Å². The van der Waals surface area contributed by atoms with Crippen LogP contribution in [0.4, 0.5) is 13.2 Å². The first-order valence-electron chi connectivity index (χ1n) is 4.53. The molecule has 1 rings (SSSR count). The third kappa shape index (κ3) is 5.44. The number of carbonyl (C=O) groups is 1. The molecule has 0 aliphatic rings. The van der Waals surface area contributed by atoms with Crippen molar-refractivity contribution in [2.45, 2.75) is 19.2 Å². The van der Waals surface area contributed by atoms with Gasteiger partial charge in [0.2, 0.25) is 0 Å². The van der Waals surface area contributed by atoms with E-state index >= 15 is 0 Å². The fourth-order valence-corrected chi connectivity index (χ4v) is 1.46. The smallest absolute Gasteiger partial charge is 0.481 e. The van der Waals surface area contributed by atoms with Crippen LogP contribution in [0.15, 0.2) is 18.2 Å². The van der Waals surface area contributed by atoms with Crippen molar-refractivity contribution in [3.05, 3.63) is 28.8 Å². The number of halogens is 4. The summed E-state index contributed by atoms with van der Waals surface area (Å²) >= 11 is 5.60. The molecule has 0 radical (unpaired) electrons. The zero-order valence-electron chi connectivity index (χ0n) is 8.42. The molecule has 0 fully saturated rings. The summed E-state index contributed by atoms with van der Waals surface area (Å²) in [6.07, 6.45) is -4.90. The molecule has 1 aromatic carbocycles. The first-order valence-corrected chi connectivity index (χ1v) is 4.91. The molecular weight excluding hydrogens is 261 g/mol. The van der Waals surface area contributed by atoms with Crippen LogP contribution < -0.4 is 4.74 Å². The molecule has 1 aromatic rings. The molecule has 94 valence electrons. The molecule has 0 aliphatic heterocycles. The van der Waals surface area contributed by atoms with Gasteiger partial charge in [-0.2, -0.15) is 0 Å². The second-order valence-electron chi connectivity index (χ2n) is 3.24. The van der Waals surface area contributed by atoms with E-state index in [4.69, 9.17) is 16.7 Å². The molecule has 3 nitrogen and oxygen atoms in total. The number of carboxylic acids is 1. The summed E-state index contributed by atoms with van der Waals surface area (Å²) in [5, 5.41) is 8.52. The molecule has 17 heavy (non-hydrogen) atoms. The van der Waals surface area contributed by atoms with Gasteiger partial charge in [0, 0.05) is 11.4 Å². The Balaban J connectivity index is 2.83. The minimum Gasteiger partial charge on any atom is -0.481 e. The molecule has 0 saturated carbocycles. The Morgan fingerprint density at radius 1 is 1.35 bits per heavy atom. The van der Waals surface area contributed by atoms with Gasteiger partial charge in [-0.25, -0.2) is 0 Å². The minimum atomic E-state index is -4.80. The largest absolute Gasteiger partial charge is 0.573 e. The third-order valence-electron chi connectivity index (χ3n) is 1.79. The first kappa shape index (κ1) is 13.6. The van der Waals surface area contributed by atoms with Crippen LogP contribution in [0.5, 0.6) is 5.75 Å². The molecule has 0 spiro atoms. The van der Waals surface area contributed by atoms with Crippen LogP contribution >= 0.6 is 11.6 Å². The third-order valence-corrected chi connectivity index (χ3v) is 2.01. The van der Waals surface area contributed by atoms with Crippen molar-refractivity contribution >= 4 is 17.6 Å². The number of rotatable bonds is 4. The molecule has 0 heterocycles. The number of aryl methyl sites for hydroxylation is 1. The Bertz CT molecular complexity index is 418. The standard InChI is InChI=1S/C10H8ClF3O3/c11-7-3-6(1-2-9(15)16)4-8(5-7)17-10(12,13)14/h3-5H,1-2H2,(H,15,16). The molecule has 7 heteroatoms. The van der Waals surface area contributed by atoms with E-state index in [1.165, 1.54) is 6.07 Å². The lowest BCUT2D eigenvalue weighted by Gasteiger charge is -2.10. The fraction of sp³-hybridized carbons (Fsp3) is 0.300. The number of alkyl halides is 3. The van der Waals surface area contributed by atoms with Crippen molar-refractivity contribution in [2.24, 2.45) is 0 Å². The van der Waals surface area contributed by atoms with Crippen LogP contribution in [0.25, 0.3) is 0 Å². The van der Waals surface area contributed by atoms with Crippen molar-refractivity contribution in [2.75, 3.05) is 0 Å². The van der Waals surface area contributed by atoms with Crippen LogP contribution in [0.1, 0.15) is 12.0 Å². The second-order valence-corrected chi connectivity index (χ2v) is 3.67. The maximum atomic E-state index is 12.0. The summed E-state index contributed by atoms with van der Waals surface area (Å²) in [6.45, 7) is 0. The van der Waals surface area contributed by atoms with E-state index in [0.29, 0.717) is 5.56 Å². The highest BCUT2D eigenvalue weighted by molar-refractivity contribution is 6.30.